The highest BCUT2D eigenvalue weighted by Gasteiger charge is 1.98. The molecule has 0 aliphatic carbocycles. The van der Waals surface area contributed by atoms with Crippen molar-refractivity contribution in [1.82, 2.24) is 0 Å². The van der Waals surface area contributed by atoms with Gasteiger partial charge in [0.15, 0.2) is 0 Å². The average molecular weight is 249 g/mol. The minimum Gasteiger partial charge on any atom is -0.457 e. The van der Waals surface area contributed by atoms with Crippen LogP contribution >= 0.6 is 0 Å². The monoisotopic (exact) mass is 249 g/mol. The SMILES string of the molecule is O=[SH](=O)Nc1cccc(Oc2ccccc2)c1. The Balaban J connectivity index is 2.16. The highest BCUT2D eigenvalue weighted by atomic mass is 32.2. The van der Waals surface area contributed by atoms with E-state index in [1.807, 2.05) is 30.3 Å². The van der Waals surface area contributed by atoms with Crippen LogP contribution in [-0.2, 0) is 10.9 Å². The number of benzene rings is 2. The molecular formula is C12H11NO3S. The molecule has 0 aliphatic rings. The first-order valence-corrected chi connectivity index (χ1v) is 6.16. The number of ether oxygens (including phenoxy) is 1. The third-order valence-corrected chi connectivity index (χ3v) is 2.47. The maximum Gasteiger partial charge on any atom is 0.222 e. The van der Waals surface area contributed by atoms with Crippen molar-refractivity contribution in [2.75, 3.05) is 4.72 Å². The Bertz CT molecular complexity index is 559. The van der Waals surface area contributed by atoms with Gasteiger partial charge in [0.25, 0.3) is 0 Å². The van der Waals surface area contributed by atoms with Gasteiger partial charge in [-0.25, -0.2) is 8.42 Å². The van der Waals surface area contributed by atoms with E-state index < -0.39 is 10.9 Å². The van der Waals surface area contributed by atoms with Gasteiger partial charge in [-0.15, -0.1) is 0 Å². The van der Waals surface area contributed by atoms with E-state index in [0.717, 1.165) is 0 Å². The molecule has 0 heterocycles. The smallest absolute Gasteiger partial charge is 0.222 e. The summed E-state index contributed by atoms with van der Waals surface area (Å²) in [6.45, 7) is 0. The second-order valence-corrected chi connectivity index (χ2v) is 4.05. The number of hydrogen-bond donors (Lipinski definition) is 2. The maximum atomic E-state index is 10.5. The Hall–Kier alpha value is -2.01. The van der Waals surface area contributed by atoms with Crippen LogP contribution < -0.4 is 9.46 Å². The topological polar surface area (TPSA) is 55.4 Å². The van der Waals surface area contributed by atoms with E-state index in [2.05, 4.69) is 4.72 Å². The largest absolute Gasteiger partial charge is 0.457 e. The zero-order valence-corrected chi connectivity index (χ0v) is 9.76. The Morgan fingerprint density at radius 3 is 2.29 bits per heavy atom. The summed E-state index contributed by atoms with van der Waals surface area (Å²) >= 11 is 0. The van der Waals surface area contributed by atoms with Crippen LogP contribution in [0.1, 0.15) is 0 Å². The van der Waals surface area contributed by atoms with E-state index in [1.165, 1.54) is 0 Å². The molecular weight excluding hydrogens is 238 g/mol. The summed E-state index contributed by atoms with van der Waals surface area (Å²) in [5.41, 5.74) is 0.481. The van der Waals surface area contributed by atoms with E-state index in [9.17, 15) is 8.42 Å². The fourth-order valence-corrected chi connectivity index (χ4v) is 1.71. The van der Waals surface area contributed by atoms with Crippen LogP contribution in [0.5, 0.6) is 11.5 Å². The first-order chi connectivity index (χ1) is 8.24. The molecule has 17 heavy (non-hydrogen) atoms. The summed E-state index contributed by atoms with van der Waals surface area (Å²) in [4.78, 5) is 0. The molecule has 0 spiro atoms. The molecule has 0 amide bonds. The first kappa shape index (κ1) is 11.5. The molecule has 88 valence electrons. The lowest BCUT2D eigenvalue weighted by molar-refractivity contribution is 0.483. The third-order valence-electron chi connectivity index (χ3n) is 2.03. The van der Waals surface area contributed by atoms with E-state index in [-0.39, 0.29) is 0 Å². The Morgan fingerprint density at radius 1 is 0.882 bits per heavy atom. The summed E-state index contributed by atoms with van der Waals surface area (Å²) in [5, 5.41) is 0. The van der Waals surface area contributed by atoms with Crippen LogP contribution in [0.25, 0.3) is 0 Å². The van der Waals surface area contributed by atoms with E-state index in [1.54, 1.807) is 24.3 Å². The molecule has 0 aromatic heterocycles. The van der Waals surface area contributed by atoms with Gasteiger partial charge < -0.3 is 4.74 Å². The van der Waals surface area contributed by atoms with Crippen molar-refractivity contribution >= 4 is 16.6 Å². The van der Waals surface area contributed by atoms with Gasteiger partial charge in [-0.05, 0) is 24.3 Å². The first-order valence-electron chi connectivity index (χ1n) is 4.98. The molecule has 0 unspecified atom stereocenters. The fraction of sp³-hybridized carbons (Fsp3) is 0. The predicted octanol–water partition coefficient (Wildman–Crippen LogP) is 2.42. The third kappa shape index (κ3) is 3.49. The summed E-state index contributed by atoms with van der Waals surface area (Å²) in [6, 6.07) is 16.0. The van der Waals surface area contributed by atoms with E-state index >= 15 is 0 Å². The van der Waals surface area contributed by atoms with E-state index in [0.29, 0.717) is 17.2 Å². The summed E-state index contributed by atoms with van der Waals surface area (Å²) in [6.07, 6.45) is 0. The number of rotatable bonds is 4. The number of anilines is 1. The minimum atomic E-state index is -2.65. The summed E-state index contributed by atoms with van der Waals surface area (Å²) in [5.74, 6) is 1.29. The van der Waals surface area contributed by atoms with Crippen LogP contribution in [0, 0.1) is 0 Å². The van der Waals surface area contributed by atoms with E-state index in [4.69, 9.17) is 4.74 Å². The van der Waals surface area contributed by atoms with Gasteiger partial charge >= 0.3 is 0 Å². The number of hydrogen-bond acceptors (Lipinski definition) is 3. The van der Waals surface area contributed by atoms with Crippen molar-refractivity contribution < 1.29 is 13.2 Å². The molecule has 0 atom stereocenters. The molecule has 2 rings (SSSR count). The average Bonchev–Trinajstić information content (AvgIpc) is 2.30. The Kier molecular flexibility index (Phi) is 3.62. The fourth-order valence-electron chi connectivity index (χ4n) is 1.36. The number of nitrogens with one attached hydrogen (secondary N) is 1. The molecule has 0 radical (unpaired) electrons. The molecule has 0 saturated heterocycles. The van der Waals surface area contributed by atoms with Crippen LogP contribution in [-0.4, -0.2) is 8.42 Å². The normalized spacial score (nSPS) is 10.2. The lowest BCUT2D eigenvalue weighted by Gasteiger charge is -2.06. The molecule has 4 nitrogen and oxygen atoms in total. The zero-order valence-electron chi connectivity index (χ0n) is 8.87. The zero-order chi connectivity index (χ0) is 12.1. The molecule has 2 aromatic carbocycles. The van der Waals surface area contributed by atoms with Crippen molar-refractivity contribution in [2.24, 2.45) is 0 Å². The molecule has 2 aromatic rings. The van der Waals surface area contributed by atoms with Crippen molar-refractivity contribution in [2.45, 2.75) is 0 Å². The lowest BCUT2D eigenvalue weighted by Crippen LogP contribution is -1.94. The summed E-state index contributed by atoms with van der Waals surface area (Å²) < 4.78 is 28.9. The maximum absolute atomic E-state index is 10.5. The van der Waals surface area contributed by atoms with Gasteiger partial charge in [0.2, 0.25) is 10.9 Å². The van der Waals surface area contributed by atoms with Gasteiger partial charge in [0, 0.05) is 6.07 Å². The van der Waals surface area contributed by atoms with Crippen molar-refractivity contribution in [3.63, 3.8) is 0 Å². The van der Waals surface area contributed by atoms with Gasteiger partial charge in [0.1, 0.15) is 11.5 Å². The predicted molar refractivity (Wildman–Crippen MR) is 66.9 cm³/mol. The molecule has 0 fully saturated rings. The standard InChI is InChI=1S/C12H11NO3S/c14-17(15)13-10-5-4-8-12(9-10)16-11-6-2-1-3-7-11/h1-9,17H,(H,13,14,15). The second kappa shape index (κ2) is 5.36. The van der Waals surface area contributed by atoms with Crippen LogP contribution in [0.3, 0.4) is 0 Å². The molecule has 5 heteroatoms. The second-order valence-electron chi connectivity index (χ2n) is 3.31. The van der Waals surface area contributed by atoms with Crippen molar-refractivity contribution in [1.29, 1.82) is 0 Å². The van der Waals surface area contributed by atoms with Crippen LogP contribution in [0.4, 0.5) is 5.69 Å². The Labute approximate surface area is 101 Å². The lowest BCUT2D eigenvalue weighted by atomic mass is 10.3. The van der Waals surface area contributed by atoms with Gasteiger partial charge in [-0.1, -0.05) is 24.3 Å². The highest BCUT2D eigenvalue weighted by Crippen LogP contribution is 2.23. The molecule has 0 bridgehead atoms. The summed E-state index contributed by atoms with van der Waals surface area (Å²) in [7, 11) is -2.65. The molecule has 1 N–H and O–H groups in total. The van der Waals surface area contributed by atoms with Gasteiger partial charge in [0.05, 0.1) is 5.69 Å². The molecule has 0 aliphatic heterocycles. The van der Waals surface area contributed by atoms with Crippen LogP contribution in [0.15, 0.2) is 54.6 Å². The molecule has 0 saturated carbocycles. The van der Waals surface area contributed by atoms with Crippen LogP contribution in [0.2, 0.25) is 0 Å². The quantitative estimate of drug-likeness (QED) is 0.818. The van der Waals surface area contributed by atoms with Gasteiger partial charge in [-0.2, -0.15) is 0 Å². The van der Waals surface area contributed by atoms with Gasteiger partial charge in [-0.3, -0.25) is 4.72 Å². The minimum absolute atomic E-state index is 0.481. The number of thiol groups is 1. The van der Waals surface area contributed by atoms with Crippen molar-refractivity contribution in [3.8, 4) is 11.5 Å². The van der Waals surface area contributed by atoms with Crippen molar-refractivity contribution in [3.05, 3.63) is 54.6 Å². The highest BCUT2D eigenvalue weighted by molar-refractivity contribution is 7.73. The Morgan fingerprint density at radius 2 is 1.59 bits per heavy atom. The number of para-hydroxylation sites is 1.